The van der Waals surface area contributed by atoms with E-state index in [-0.39, 0.29) is 5.41 Å². The molecule has 0 fully saturated rings. The van der Waals surface area contributed by atoms with E-state index in [0.717, 1.165) is 13.1 Å². The summed E-state index contributed by atoms with van der Waals surface area (Å²) in [5.41, 5.74) is 1.70. The molecular formula is C11H18BrNS. The first-order valence-electron chi connectivity index (χ1n) is 5.01. The van der Waals surface area contributed by atoms with Crippen LogP contribution in [0.15, 0.2) is 15.2 Å². The van der Waals surface area contributed by atoms with E-state index in [1.165, 1.54) is 16.5 Å². The quantitative estimate of drug-likeness (QED) is 0.807. The minimum Gasteiger partial charge on any atom is -0.317 e. The number of hydrogen-bond acceptors (Lipinski definition) is 2. The van der Waals surface area contributed by atoms with E-state index in [1.54, 1.807) is 11.3 Å². The van der Waals surface area contributed by atoms with Crippen molar-refractivity contribution in [2.24, 2.45) is 0 Å². The van der Waals surface area contributed by atoms with Crippen molar-refractivity contribution in [1.29, 1.82) is 0 Å². The first kappa shape index (κ1) is 12.2. The third-order valence-electron chi connectivity index (χ3n) is 2.52. The van der Waals surface area contributed by atoms with Crippen molar-refractivity contribution >= 4 is 27.3 Å². The average Bonchev–Trinajstić information content (AvgIpc) is 2.52. The molecule has 1 aromatic heterocycles. The van der Waals surface area contributed by atoms with Crippen LogP contribution in [-0.2, 0) is 5.41 Å². The van der Waals surface area contributed by atoms with E-state index in [1.807, 2.05) is 0 Å². The molecule has 1 heterocycles. The Kier molecular flexibility index (Phi) is 4.61. The van der Waals surface area contributed by atoms with E-state index < -0.39 is 0 Å². The van der Waals surface area contributed by atoms with Gasteiger partial charge < -0.3 is 5.32 Å². The van der Waals surface area contributed by atoms with Crippen molar-refractivity contribution in [1.82, 2.24) is 5.32 Å². The normalized spacial score (nSPS) is 12.0. The maximum absolute atomic E-state index is 3.60. The van der Waals surface area contributed by atoms with Gasteiger partial charge in [0.05, 0.1) is 0 Å². The summed E-state index contributed by atoms with van der Waals surface area (Å²) in [7, 11) is 0. The van der Waals surface area contributed by atoms with Gasteiger partial charge in [0, 0.05) is 9.85 Å². The Morgan fingerprint density at radius 2 is 2.14 bits per heavy atom. The summed E-state index contributed by atoms with van der Waals surface area (Å²) in [5, 5.41) is 7.78. The number of thiophene rings is 1. The van der Waals surface area contributed by atoms with Gasteiger partial charge in [0.1, 0.15) is 0 Å². The Labute approximate surface area is 99.0 Å². The van der Waals surface area contributed by atoms with Gasteiger partial charge in [-0.1, -0.05) is 20.8 Å². The zero-order chi connectivity index (χ0) is 10.6. The summed E-state index contributed by atoms with van der Waals surface area (Å²) in [6, 6.07) is 0. The van der Waals surface area contributed by atoms with Gasteiger partial charge in [-0.3, -0.25) is 0 Å². The second-order valence-electron chi connectivity index (χ2n) is 4.12. The summed E-state index contributed by atoms with van der Waals surface area (Å²) in [4.78, 5) is 0. The van der Waals surface area contributed by atoms with Crippen molar-refractivity contribution in [3.05, 3.63) is 20.8 Å². The van der Waals surface area contributed by atoms with E-state index in [0.29, 0.717) is 0 Å². The monoisotopic (exact) mass is 275 g/mol. The fourth-order valence-electron chi connectivity index (χ4n) is 1.48. The highest BCUT2D eigenvalue weighted by atomic mass is 79.9. The minimum absolute atomic E-state index is 0.265. The Bertz CT molecular complexity index is 281. The summed E-state index contributed by atoms with van der Waals surface area (Å²) in [5.74, 6) is 0. The molecule has 0 aliphatic rings. The van der Waals surface area contributed by atoms with Crippen LogP contribution in [0.25, 0.3) is 0 Å². The van der Waals surface area contributed by atoms with Crippen LogP contribution in [0, 0.1) is 0 Å². The fourth-order valence-corrected chi connectivity index (χ4v) is 3.50. The molecule has 0 spiro atoms. The van der Waals surface area contributed by atoms with Gasteiger partial charge in [0.25, 0.3) is 0 Å². The first-order valence-corrected chi connectivity index (χ1v) is 6.74. The first-order chi connectivity index (χ1) is 6.58. The Morgan fingerprint density at radius 3 is 2.64 bits per heavy atom. The third kappa shape index (κ3) is 3.07. The summed E-state index contributed by atoms with van der Waals surface area (Å²) < 4.78 is 1.25. The topological polar surface area (TPSA) is 12.0 Å². The Balaban J connectivity index is 2.61. The third-order valence-corrected chi connectivity index (χ3v) is 4.22. The molecule has 80 valence electrons. The highest BCUT2D eigenvalue weighted by Gasteiger charge is 2.22. The molecule has 0 aliphatic heterocycles. The molecule has 0 unspecified atom stereocenters. The number of nitrogens with one attached hydrogen (secondary N) is 1. The summed E-state index contributed by atoms with van der Waals surface area (Å²) >= 11 is 5.37. The molecule has 0 atom stereocenters. The van der Waals surface area contributed by atoms with Crippen LogP contribution in [0.2, 0.25) is 0 Å². The molecule has 1 nitrogen and oxygen atoms in total. The van der Waals surface area contributed by atoms with Crippen LogP contribution in [0.3, 0.4) is 0 Å². The van der Waals surface area contributed by atoms with Gasteiger partial charge in [0.15, 0.2) is 0 Å². The number of halogens is 1. The summed E-state index contributed by atoms with van der Waals surface area (Å²) in [6.45, 7) is 8.90. The highest BCUT2D eigenvalue weighted by Crippen LogP contribution is 2.34. The highest BCUT2D eigenvalue weighted by molar-refractivity contribution is 9.10. The van der Waals surface area contributed by atoms with Crippen LogP contribution >= 0.6 is 27.3 Å². The molecule has 1 aromatic rings. The van der Waals surface area contributed by atoms with Gasteiger partial charge in [-0.25, -0.2) is 0 Å². The van der Waals surface area contributed by atoms with Gasteiger partial charge >= 0.3 is 0 Å². The van der Waals surface area contributed by atoms with Crippen LogP contribution < -0.4 is 5.32 Å². The maximum atomic E-state index is 3.60. The van der Waals surface area contributed by atoms with Crippen LogP contribution in [0.5, 0.6) is 0 Å². The second kappa shape index (κ2) is 5.29. The van der Waals surface area contributed by atoms with Crippen molar-refractivity contribution in [3.63, 3.8) is 0 Å². The smallest absolute Gasteiger partial charge is 0.0319 e. The molecule has 0 saturated heterocycles. The number of hydrogen-bond donors (Lipinski definition) is 1. The predicted molar refractivity (Wildman–Crippen MR) is 68.2 cm³/mol. The van der Waals surface area contributed by atoms with Gasteiger partial charge in [-0.2, -0.15) is 11.3 Å². The SMILES string of the molecule is CCNCCC(C)(C)c1cscc1Br. The molecule has 0 saturated carbocycles. The lowest BCUT2D eigenvalue weighted by Crippen LogP contribution is -2.25. The van der Waals surface area contributed by atoms with Crippen LogP contribution in [0.1, 0.15) is 32.8 Å². The molecule has 0 aromatic carbocycles. The molecule has 0 aliphatic carbocycles. The van der Waals surface area contributed by atoms with E-state index in [2.05, 4.69) is 52.8 Å². The average molecular weight is 276 g/mol. The standard InChI is InChI=1S/C11H18BrNS/c1-4-13-6-5-11(2,3)9-7-14-8-10(9)12/h7-8,13H,4-6H2,1-3H3. The van der Waals surface area contributed by atoms with Crippen molar-refractivity contribution in [2.75, 3.05) is 13.1 Å². The number of rotatable bonds is 5. The van der Waals surface area contributed by atoms with E-state index >= 15 is 0 Å². The van der Waals surface area contributed by atoms with Crippen LogP contribution in [-0.4, -0.2) is 13.1 Å². The molecule has 0 bridgehead atoms. The fraction of sp³-hybridized carbons (Fsp3) is 0.636. The zero-order valence-electron chi connectivity index (χ0n) is 9.06. The molecule has 3 heteroatoms. The van der Waals surface area contributed by atoms with Gasteiger partial charge in [-0.05, 0) is 51.8 Å². The maximum Gasteiger partial charge on any atom is 0.0319 e. The minimum atomic E-state index is 0.265. The molecular weight excluding hydrogens is 258 g/mol. The van der Waals surface area contributed by atoms with Gasteiger partial charge in [-0.15, -0.1) is 0 Å². The van der Waals surface area contributed by atoms with E-state index in [4.69, 9.17) is 0 Å². The van der Waals surface area contributed by atoms with Crippen molar-refractivity contribution in [3.8, 4) is 0 Å². The van der Waals surface area contributed by atoms with Crippen LogP contribution in [0.4, 0.5) is 0 Å². The lowest BCUT2D eigenvalue weighted by molar-refractivity contribution is 0.461. The lowest BCUT2D eigenvalue weighted by atomic mass is 9.83. The predicted octanol–water partition coefficient (Wildman–Crippen LogP) is 3.79. The Morgan fingerprint density at radius 1 is 1.43 bits per heavy atom. The van der Waals surface area contributed by atoms with Crippen molar-refractivity contribution in [2.45, 2.75) is 32.6 Å². The zero-order valence-corrected chi connectivity index (χ0v) is 11.5. The molecule has 14 heavy (non-hydrogen) atoms. The Hall–Kier alpha value is 0.140. The lowest BCUT2D eigenvalue weighted by Gasteiger charge is -2.24. The second-order valence-corrected chi connectivity index (χ2v) is 5.72. The van der Waals surface area contributed by atoms with Gasteiger partial charge in [0.2, 0.25) is 0 Å². The largest absolute Gasteiger partial charge is 0.317 e. The van der Waals surface area contributed by atoms with Crippen molar-refractivity contribution < 1.29 is 0 Å². The molecule has 1 rings (SSSR count). The van der Waals surface area contributed by atoms with E-state index in [9.17, 15) is 0 Å². The summed E-state index contributed by atoms with van der Waals surface area (Å²) in [6.07, 6.45) is 1.18. The molecule has 0 amide bonds. The molecule has 0 radical (unpaired) electrons. The molecule has 1 N–H and O–H groups in total.